The van der Waals surface area contributed by atoms with E-state index >= 15 is 0 Å². The first kappa shape index (κ1) is 54.1. The monoisotopic (exact) mass is 1100 g/mol. The van der Waals surface area contributed by atoms with Gasteiger partial charge in [0, 0.05) is 22.5 Å². The van der Waals surface area contributed by atoms with Crippen molar-refractivity contribution in [3.63, 3.8) is 0 Å². The molecule has 0 aliphatic carbocycles. The van der Waals surface area contributed by atoms with E-state index in [0.717, 1.165) is 78.5 Å². The van der Waals surface area contributed by atoms with Crippen LogP contribution in [0.15, 0.2) is 218 Å². The molecule has 0 unspecified atom stereocenters. The standard InChI is InChI=1S/C70H54N8O6/c1-45-15-7-27-59(71-45)61-29-9-19-49(73-61)39-81-41-51-21-11-31-63(75-51)65-33-13-23-53(77-65)43-83-69(79)57-37-35-47-17-3-5-25-55(47)67(57)68-56-26-6-4-18-48(56)36-38-58(68)70(80)84-44-54-24-14-34-66(78-54)64-32-12-22-52(76-64)42-82-40-50-20-10-30-62(74-50)60-28-8-16-46(2)72-60/h3-38H,39-44H2,1-2H3. The zero-order chi connectivity index (χ0) is 57.2. The van der Waals surface area contributed by atoms with Crippen LogP contribution >= 0.6 is 0 Å². The SMILES string of the molecule is Cc1cccc(-c2cccc(COCc3cccc(-c4cccc(COC(=O)c5ccc6ccccc6c5-c5c(C(=O)OCc6cccc(-c7cccc(COCc8cccc(-c9cccc(C)n9)n8)n7)n6)ccc6ccccc56)n4)n3)n2)n1. The molecule has 0 atom stereocenters. The maximum Gasteiger partial charge on any atom is 0.339 e. The first-order valence-corrected chi connectivity index (χ1v) is 27.4. The topological polar surface area (TPSA) is 174 Å². The van der Waals surface area contributed by atoms with Crippen molar-refractivity contribution in [2.45, 2.75) is 53.5 Å². The van der Waals surface area contributed by atoms with E-state index in [4.69, 9.17) is 48.9 Å². The van der Waals surface area contributed by atoms with Crippen LogP contribution in [0, 0.1) is 13.8 Å². The average Bonchev–Trinajstić information content (AvgIpc) is 3.73. The van der Waals surface area contributed by atoms with Gasteiger partial charge < -0.3 is 18.9 Å². The molecule has 14 heteroatoms. The van der Waals surface area contributed by atoms with Gasteiger partial charge in [0.15, 0.2) is 0 Å². The largest absolute Gasteiger partial charge is 0.456 e. The molecule has 0 fully saturated rings. The van der Waals surface area contributed by atoms with E-state index in [9.17, 15) is 9.59 Å². The van der Waals surface area contributed by atoms with E-state index in [1.54, 1.807) is 24.3 Å². The molecule has 12 rings (SSSR count). The molecule has 0 N–H and O–H groups in total. The third-order valence-electron chi connectivity index (χ3n) is 13.9. The molecule has 14 nitrogen and oxygen atoms in total. The lowest BCUT2D eigenvalue weighted by Crippen LogP contribution is -2.12. The Morgan fingerprint density at radius 2 is 0.560 bits per heavy atom. The number of aromatic nitrogens is 8. The van der Waals surface area contributed by atoms with Gasteiger partial charge in [0.25, 0.3) is 0 Å². The number of nitrogens with zero attached hydrogens (tertiary/aromatic N) is 8. The number of hydrogen-bond acceptors (Lipinski definition) is 14. The van der Waals surface area contributed by atoms with E-state index in [-0.39, 0.29) is 37.6 Å². The maximum absolute atomic E-state index is 14.6. The highest BCUT2D eigenvalue weighted by Crippen LogP contribution is 2.40. The number of carbonyl (C=O) groups is 2. The molecule has 0 aliphatic heterocycles. The van der Waals surface area contributed by atoms with Gasteiger partial charge in [-0.25, -0.2) is 39.5 Å². The predicted molar refractivity (Wildman–Crippen MR) is 321 cm³/mol. The fourth-order valence-corrected chi connectivity index (χ4v) is 9.96. The quantitative estimate of drug-likeness (QED) is 0.0699. The first-order chi connectivity index (χ1) is 41.2. The molecular formula is C70H54N8O6. The van der Waals surface area contributed by atoms with Gasteiger partial charge in [-0.2, -0.15) is 0 Å². The Morgan fingerprint density at radius 3 is 0.869 bits per heavy atom. The van der Waals surface area contributed by atoms with Gasteiger partial charge in [-0.15, -0.1) is 0 Å². The lowest BCUT2D eigenvalue weighted by molar-refractivity contribution is 0.0457. The molecule has 12 aromatic rings. The number of rotatable bonds is 19. The number of esters is 2. The Balaban J connectivity index is 0.735. The third-order valence-corrected chi connectivity index (χ3v) is 13.9. The van der Waals surface area contributed by atoms with Crippen LogP contribution in [0.25, 0.3) is 78.2 Å². The van der Waals surface area contributed by atoms with Crippen LogP contribution in [-0.4, -0.2) is 51.8 Å². The summed E-state index contributed by atoms with van der Waals surface area (Å²) in [6, 6.07) is 68.6. The van der Waals surface area contributed by atoms with Gasteiger partial charge in [0.1, 0.15) is 13.2 Å². The summed E-state index contributed by atoms with van der Waals surface area (Å²) >= 11 is 0. The number of pyridine rings is 8. The summed E-state index contributed by atoms with van der Waals surface area (Å²) in [7, 11) is 0. The third kappa shape index (κ3) is 12.7. The predicted octanol–water partition coefficient (Wildman–Crippen LogP) is 14.3. The normalized spacial score (nSPS) is 11.2. The molecule has 8 aromatic heterocycles. The van der Waals surface area contributed by atoms with Gasteiger partial charge in [0.05, 0.1) is 117 Å². The molecule has 410 valence electrons. The highest BCUT2D eigenvalue weighted by molar-refractivity contribution is 6.17. The van der Waals surface area contributed by atoms with Gasteiger partial charge in [-0.05, 0) is 145 Å². The Morgan fingerprint density at radius 1 is 0.286 bits per heavy atom. The molecular weight excluding hydrogens is 1050 g/mol. The number of benzene rings is 4. The smallest absolute Gasteiger partial charge is 0.339 e. The van der Waals surface area contributed by atoms with Gasteiger partial charge in [-0.3, -0.25) is 9.97 Å². The van der Waals surface area contributed by atoms with E-state index < -0.39 is 11.9 Å². The van der Waals surface area contributed by atoms with Crippen LogP contribution in [0.4, 0.5) is 0 Å². The molecule has 0 radical (unpaired) electrons. The van der Waals surface area contributed by atoms with Crippen LogP contribution in [0.5, 0.6) is 0 Å². The number of fused-ring (bicyclic) bond motifs is 2. The van der Waals surface area contributed by atoms with Gasteiger partial charge in [-0.1, -0.05) is 109 Å². The summed E-state index contributed by atoms with van der Waals surface area (Å²) in [6.45, 7) is 4.75. The van der Waals surface area contributed by atoms with Crippen LogP contribution in [0.2, 0.25) is 0 Å². The van der Waals surface area contributed by atoms with Gasteiger partial charge in [0.2, 0.25) is 0 Å². The van der Waals surface area contributed by atoms with E-state index in [1.807, 2.05) is 208 Å². The summed E-state index contributed by atoms with van der Waals surface area (Å²) in [4.78, 5) is 67.4. The Hall–Kier alpha value is -10.5. The molecule has 0 saturated carbocycles. The van der Waals surface area contributed by atoms with Crippen LogP contribution in [-0.2, 0) is 58.6 Å². The van der Waals surface area contributed by atoms with Crippen molar-refractivity contribution in [1.82, 2.24) is 39.9 Å². The van der Waals surface area contributed by atoms with Crippen LogP contribution < -0.4 is 0 Å². The van der Waals surface area contributed by atoms with E-state index in [2.05, 4.69) is 9.97 Å². The van der Waals surface area contributed by atoms with Crippen molar-refractivity contribution in [2.24, 2.45) is 0 Å². The van der Waals surface area contributed by atoms with Gasteiger partial charge >= 0.3 is 11.9 Å². The highest BCUT2D eigenvalue weighted by Gasteiger charge is 2.25. The molecule has 4 aromatic carbocycles. The second kappa shape index (κ2) is 25.1. The van der Waals surface area contributed by atoms with Crippen LogP contribution in [0.1, 0.15) is 66.3 Å². The van der Waals surface area contributed by atoms with E-state index in [1.165, 1.54) is 0 Å². The fourth-order valence-electron chi connectivity index (χ4n) is 9.96. The van der Waals surface area contributed by atoms with E-state index in [0.29, 0.717) is 58.5 Å². The minimum Gasteiger partial charge on any atom is -0.456 e. The highest BCUT2D eigenvalue weighted by atomic mass is 16.5. The van der Waals surface area contributed by atoms with Crippen LogP contribution in [0.3, 0.4) is 0 Å². The minimum atomic E-state index is -0.591. The molecule has 0 bridgehead atoms. The fraction of sp³-hybridized carbons (Fsp3) is 0.114. The molecule has 0 amide bonds. The van der Waals surface area contributed by atoms with Crippen molar-refractivity contribution in [3.8, 4) is 56.7 Å². The molecule has 0 saturated heterocycles. The minimum absolute atomic E-state index is 0.129. The summed E-state index contributed by atoms with van der Waals surface area (Å²) in [6.07, 6.45) is 0. The summed E-state index contributed by atoms with van der Waals surface area (Å²) in [5.74, 6) is -1.18. The second-order valence-electron chi connectivity index (χ2n) is 20.0. The van der Waals surface area contributed by atoms with Crippen molar-refractivity contribution in [1.29, 1.82) is 0 Å². The summed E-state index contributed by atoms with van der Waals surface area (Å²) in [5, 5.41) is 3.26. The number of aryl methyl sites for hydroxylation is 2. The molecule has 8 heterocycles. The first-order valence-electron chi connectivity index (χ1n) is 27.4. The van der Waals surface area contributed by atoms with Crippen molar-refractivity contribution >= 4 is 33.5 Å². The number of hydrogen-bond donors (Lipinski definition) is 0. The molecule has 0 spiro atoms. The summed E-state index contributed by atoms with van der Waals surface area (Å²) < 4.78 is 24.4. The van der Waals surface area contributed by atoms with Crippen molar-refractivity contribution in [3.05, 3.63) is 275 Å². The zero-order valence-corrected chi connectivity index (χ0v) is 46.1. The number of carbonyl (C=O) groups excluding carboxylic acids is 2. The second-order valence-corrected chi connectivity index (χ2v) is 20.0. The lowest BCUT2D eigenvalue weighted by Gasteiger charge is -2.18. The Labute approximate surface area is 484 Å². The Kier molecular flexibility index (Phi) is 16.1. The lowest BCUT2D eigenvalue weighted by atomic mass is 9.87. The molecule has 0 aliphatic rings. The molecule has 84 heavy (non-hydrogen) atoms. The average molecular weight is 1100 g/mol. The number of ether oxygens (including phenoxy) is 4. The zero-order valence-electron chi connectivity index (χ0n) is 46.1. The van der Waals surface area contributed by atoms with Crippen molar-refractivity contribution in [2.75, 3.05) is 0 Å². The van der Waals surface area contributed by atoms with Crippen molar-refractivity contribution < 1.29 is 28.5 Å². The summed E-state index contributed by atoms with van der Waals surface area (Å²) in [5.41, 5.74) is 13.2. The maximum atomic E-state index is 14.6. The Bertz CT molecular complexity index is 4120.